The van der Waals surface area contributed by atoms with Crippen molar-refractivity contribution < 1.29 is 17.8 Å². The Bertz CT molecular complexity index is 663. The van der Waals surface area contributed by atoms with Gasteiger partial charge in [-0.1, -0.05) is 20.4 Å². The van der Waals surface area contributed by atoms with Crippen LogP contribution in [0.5, 0.6) is 0 Å². The maximum atomic E-state index is 11.5. The molecule has 0 aliphatic carbocycles. The molecule has 5 N–H and O–H groups in total. The van der Waals surface area contributed by atoms with Crippen LogP contribution in [0.4, 0.5) is 5.69 Å². The summed E-state index contributed by atoms with van der Waals surface area (Å²) in [5.74, 6) is -0.717. The van der Waals surface area contributed by atoms with Gasteiger partial charge in [-0.2, -0.15) is 8.42 Å². The van der Waals surface area contributed by atoms with Gasteiger partial charge in [0.15, 0.2) is 0 Å². The minimum absolute atomic E-state index is 0.0800. The minimum Gasteiger partial charge on any atom is -0.398 e. The third-order valence-corrected chi connectivity index (χ3v) is 3.73. The first-order valence-electron chi connectivity index (χ1n) is 5.93. The molecule has 0 atom stereocenters. The Kier molecular flexibility index (Phi) is 4.57. The SMILES string of the molecule is C=C(C(N)=O)c1c(N)ccc(S(=O)(=O)O)c1CC(C)C. The number of hydrogen-bond acceptors (Lipinski definition) is 4. The van der Waals surface area contributed by atoms with E-state index < -0.39 is 16.0 Å². The van der Waals surface area contributed by atoms with Crippen molar-refractivity contribution in [2.24, 2.45) is 11.7 Å². The second kappa shape index (κ2) is 5.64. The highest BCUT2D eigenvalue weighted by molar-refractivity contribution is 7.85. The summed E-state index contributed by atoms with van der Waals surface area (Å²) in [7, 11) is -4.43. The van der Waals surface area contributed by atoms with Crippen LogP contribution in [0.1, 0.15) is 25.0 Å². The molecule has 0 heterocycles. The number of rotatable bonds is 5. The molecule has 6 nitrogen and oxygen atoms in total. The molecule has 0 bridgehead atoms. The van der Waals surface area contributed by atoms with Crippen molar-refractivity contribution in [1.82, 2.24) is 0 Å². The van der Waals surface area contributed by atoms with Gasteiger partial charge in [0, 0.05) is 16.8 Å². The number of carbonyl (C=O) groups excluding carboxylic acids is 1. The van der Waals surface area contributed by atoms with Crippen LogP contribution in [0.2, 0.25) is 0 Å². The van der Waals surface area contributed by atoms with Gasteiger partial charge in [0.2, 0.25) is 5.91 Å². The van der Waals surface area contributed by atoms with Crippen molar-refractivity contribution in [3.8, 4) is 0 Å². The highest BCUT2D eigenvalue weighted by Crippen LogP contribution is 2.31. The lowest BCUT2D eigenvalue weighted by Crippen LogP contribution is -2.17. The summed E-state index contributed by atoms with van der Waals surface area (Å²) in [6, 6.07) is 2.51. The molecule has 7 heteroatoms. The van der Waals surface area contributed by atoms with Crippen LogP contribution in [0.15, 0.2) is 23.6 Å². The highest BCUT2D eigenvalue weighted by Gasteiger charge is 2.23. The van der Waals surface area contributed by atoms with E-state index in [-0.39, 0.29) is 33.2 Å². The number of nitrogen functional groups attached to an aromatic ring is 1. The van der Waals surface area contributed by atoms with E-state index >= 15 is 0 Å². The maximum Gasteiger partial charge on any atom is 0.294 e. The summed E-state index contributed by atoms with van der Waals surface area (Å²) in [5.41, 5.74) is 11.5. The van der Waals surface area contributed by atoms with Crippen LogP contribution in [-0.2, 0) is 21.3 Å². The van der Waals surface area contributed by atoms with Gasteiger partial charge in [0.1, 0.15) is 0 Å². The standard InChI is InChI=1S/C13H18N2O4S/c1-7(2)6-9-11(20(17,18)19)5-4-10(14)12(9)8(3)13(15)16/h4-5,7H,3,6,14H2,1-2H3,(H2,15,16)(H,17,18,19). The lowest BCUT2D eigenvalue weighted by Gasteiger charge is -2.17. The van der Waals surface area contributed by atoms with Crippen molar-refractivity contribution >= 4 is 27.3 Å². The average Bonchev–Trinajstić information content (AvgIpc) is 2.25. The second-order valence-electron chi connectivity index (χ2n) is 4.92. The van der Waals surface area contributed by atoms with Crippen molar-refractivity contribution in [2.45, 2.75) is 25.2 Å². The molecule has 1 aromatic rings. The Labute approximate surface area is 118 Å². The van der Waals surface area contributed by atoms with E-state index in [9.17, 15) is 17.8 Å². The molecule has 110 valence electrons. The first kappa shape index (κ1) is 16.2. The fraction of sp³-hybridized carbons (Fsp3) is 0.308. The molecular formula is C13H18N2O4S. The molecule has 1 amide bonds. The van der Waals surface area contributed by atoms with Gasteiger partial charge in [0.25, 0.3) is 10.1 Å². The molecule has 0 fully saturated rings. The normalized spacial score (nSPS) is 11.6. The number of benzene rings is 1. The van der Waals surface area contributed by atoms with E-state index in [2.05, 4.69) is 6.58 Å². The number of nitrogens with two attached hydrogens (primary N) is 2. The van der Waals surface area contributed by atoms with E-state index in [0.717, 1.165) is 0 Å². The summed E-state index contributed by atoms with van der Waals surface area (Å²) in [6.07, 6.45) is 0.307. The summed E-state index contributed by atoms with van der Waals surface area (Å²) >= 11 is 0. The van der Waals surface area contributed by atoms with E-state index in [1.54, 1.807) is 0 Å². The fourth-order valence-electron chi connectivity index (χ4n) is 1.98. The first-order chi connectivity index (χ1) is 9.05. The molecule has 0 spiro atoms. The van der Waals surface area contributed by atoms with E-state index in [1.165, 1.54) is 12.1 Å². The Morgan fingerprint density at radius 2 is 1.95 bits per heavy atom. The number of primary amides is 1. The van der Waals surface area contributed by atoms with Gasteiger partial charge in [-0.05, 0) is 30.0 Å². The Balaban J connectivity index is 3.72. The number of anilines is 1. The zero-order chi connectivity index (χ0) is 15.7. The fourth-order valence-corrected chi connectivity index (χ4v) is 2.72. The van der Waals surface area contributed by atoms with Crippen LogP contribution in [0, 0.1) is 5.92 Å². The van der Waals surface area contributed by atoms with E-state index in [0.29, 0.717) is 6.42 Å². The number of hydrogen-bond donors (Lipinski definition) is 3. The number of carbonyl (C=O) groups is 1. The lowest BCUT2D eigenvalue weighted by atomic mass is 9.92. The van der Waals surface area contributed by atoms with Gasteiger partial charge < -0.3 is 11.5 Å². The monoisotopic (exact) mass is 298 g/mol. The molecule has 0 radical (unpaired) electrons. The summed E-state index contributed by atoms with van der Waals surface area (Å²) in [4.78, 5) is 11.0. The molecular weight excluding hydrogens is 280 g/mol. The predicted octanol–water partition coefficient (Wildman–Crippen LogP) is 1.21. The smallest absolute Gasteiger partial charge is 0.294 e. The first-order valence-corrected chi connectivity index (χ1v) is 7.37. The highest BCUT2D eigenvalue weighted by atomic mass is 32.2. The van der Waals surface area contributed by atoms with E-state index in [1.807, 2.05) is 13.8 Å². The molecule has 0 aliphatic rings. The molecule has 0 saturated carbocycles. The van der Waals surface area contributed by atoms with E-state index in [4.69, 9.17) is 11.5 Å². The van der Waals surface area contributed by atoms with Crippen LogP contribution in [0.3, 0.4) is 0 Å². The van der Waals surface area contributed by atoms with Gasteiger partial charge in [-0.3, -0.25) is 9.35 Å². The molecule has 1 aromatic carbocycles. The summed E-state index contributed by atoms with van der Waals surface area (Å²) < 4.78 is 32.2. The third kappa shape index (κ3) is 3.37. The zero-order valence-electron chi connectivity index (χ0n) is 11.4. The molecule has 0 unspecified atom stereocenters. The quantitative estimate of drug-likeness (QED) is 0.428. The zero-order valence-corrected chi connectivity index (χ0v) is 12.2. The maximum absolute atomic E-state index is 11.5. The van der Waals surface area contributed by atoms with Gasteiger partial charge >= 0.3 is 0 Å². The third-order valence-electron chi connectivity index (χ3n) is 2.79. The summed E-state index contributed by atoms with van der Waals surface area (Å²) in [6.45, 7) is 7.28. The Morgan fingerprint density at radius 3 is 2.35 bits per heavy atom. The average molecular weight is 298 g/mol. The topological polar surface area (TPSA) is 123 Å². The predicted molar refractivity (Wildman–Crippen MR) is 77.4 cm³/mol. The van der Waals surface area contributed by atoms with Crippen molar-refractivity contribution in [2.75, 3.05) is 5.73 Å². The largest absolute Gasteiger partial charge is 0.398 e. The Morgan fingerprint density at radius 1 is 1.40 bits per heavy atom. The molecule has 0 aliphatic heterocycles. The van der Waals surface area contributed by atoms with Crippen molar-refractivity contribution in [3.63, 3.8) is 0 Å². The lowest BCUT2D eigenvalue weighted by molar-refractivity contribution is -0.112. The molecule has 20 heavy (non-hydrogen) atoms. The molecule has 1 rings (SSSR count). The molecule has 0 aromatic heterocycles. The van der Waals surface area contributed by atoms with Crippen molar-refractivity contribution in [1.29, 1.82) is 0 Å². The van der Waals surface area contributed by atoms with Gasteiger partial charge in [-0.25, -0.2) is 0 Å². The van der Waals surface area contributed by atoms with Crippen LogP contribution in [0.25, 0.3) is 5.57 Å². The summed E-state index contributed by atoms with van der Waals surface area (Å²) in [5, 5.41) is 0. The number of amides is 1. The Hall–Kier alpha value is -1.86. The molecule has 0 saturated heterocycles. The minimum atomic E-state index is -4.43. The van der Waals surface area contributed by atoms with Crippen LogP contribution >= 0.6 is 0 Å². The van der Waals surface area contributed by atoms with Crippen LogP contribution in [-0.4, -0.2) is 18.9 Å². The van der Waals surface area contributed by atoms with Gasteiger partial charge in [0.05, 0.1) is 4.90 Å². The van der Waals surface area contributed by atoms with Crippen LogP contribution < -0.4 is 11.5 Å². The second-order valence-corrected chi connectivity index (χ2v) is 6.31. The van der Waals surface area contributed by atoms with Crippen molar-refractivity contribution in [3.05, 3.63) is 29.8 Å². The van der Waals surface area contributed by atoms with Gasteiger partial charge in [-0.15, -0.1) is 0 Å².